The van der Waals surface area contributed by atoms with Gasteiger partial charge >= 0.3 is 0 Å². The molecule has 0 aromatic heterocycles. The number of nitrogens with one attached hydrogen (secondary N) is 1. The summed E-state index contributed by atoms with van der Waals surface area (Å²) in [5.41, 5.74) is 3.98. The molecule has 2 aromatic rings. The van der Waals surface area contributed by atoms with Crippen molar-refractivity contribution >= 4 is 24.0 Å². The van der Waals surface area contributed by atoms with Crippen molar-refractivity contribution in [2.75, 3.05) is 40.3 Å². The van der Waals surface area contributed by atoms with E-state index >= 15 is 0 Å². The predicted octanol–water partition coefficient (Wildman–Crippen LogP) is 2.42. The Labute approximate surface area is 215 Å². The van der Waals surface area contributed by atoms with Crippen LogP contribution in [0.1, 0.15) is 47.3 Å². The van der Waals surface area contributed by atoms with E-state index in [-0.39, 0.29) is 29.2 Å². The highest BCUT2D eigenvalue weighted by atomic mass is 19.1. The molecule has 1 N–H and O–H groups in total. The normalized spacial score (nSPS) is 18.0. The Hall–Kier alpha value is -3.79. The van der Waals surface area contributed by atoms with Crippen molar-refractivity contribution in [3.05, 3.63) is 65.0 Å². The summed E-state index contributed by atoms with van der Waals surface area (Å²) in [7, 11) is 3.79. The summed E-state index contributed by atoms with van der Waals surface area (Å²) >= 11 is 0. The monoisotopic (exact) mass is 509 g/mol. The van der Waals surface area contributed by atoms with Crippen LogP contribution in [0.5, 0.6) is 5.75 Å². The zero-order chi connectivity index (χ0) is 26.5. The second-order valence-corrected chi connectivity index (χ2v) is 9.38. The Bertz CT molecular complexity index is 1190. The molecule has 1 saturated heterocycles. The number of carbonyl (C=O) groups is 3. The van der Waals surface area contributed by atoms with Gasteiger partial charge in [0.1, 0.15) is 23.9 Å². The first-order valence-corrected chi connectivity index (χ1v) is 12.4. The van der Waals surface area contributed by atoms with Gasteiger partial charge in [0, 0.05) is 31.7 Å². The van der Waals surface area contributed by atoms with Crippen LogP contribution in [0.4, 0.5) is 4.39 Å². The third kappa shape index (κ3) is 5.64. The lowest BCUT2D eigenvalue weighted by molar-refractivity contribution is -0.137. The smallest absolute Gasteiger partial charge is 0.257 e. The van der Waals surface area contributed by atoms with Gasteiger partial charge in [-0.1, -0.05) is 31.5 Å². The minimum absolute atomic E-state index is 0.0551. The molecule has 2 atom stereocenters. The number of hydrogen-bond donors (Lipinski definition) is 1. The second kappa shape index (κ2) is 11.5. The molecule has 37 heavy (non-hydrogen) atoms. The van der Waals surface area contributed by atoms with Crippen molar-refractivity contribution in [1.29, 1.82) is 0 Å². The number of likely N-dealkylation sites (N-methyl/N-ethyl adjacent to an activating group) is 1. The number of fused-ring (bicyclic) bond motifs is 1. The standard InChI is InChI=1S/C27H32FN5O4/c1-4-7-24(31(2)3)27(36)33-14-12-32(13-15-33)26(35)21-16-18(10-11-22(21)28)37-25-20-9-6-5-8-19(20)23(17-34)29-30-25/h5-6,8-11,16-17,23-24,29H,4,7,12-15H2,1-3H3. The van der Waals surface area contributed by atoms with Crippen molar-refractivity contribution in [3.8, 4) is 5.75 Å². The summed E-state index contributed by atoms with van der Waals surface area (Å²) < 4.78 is 20.6. The average Bonchev–Trinajstić information content (AvgIpc) is 2.92. The van der Waals surface area contributed by atoms with Crippen molar-refractivity contribution in [2.45, 2.75) is 31.8 Å². The van der Waals surface area contributed by atoms with Gasteiger partial charge < -0.3 is 19.3 Å². The zero-order valence-electron chi connectivity index (χ0n) is 21.3. The van der Waals surface area contributed by atoms with Gasteiger partial charge in [0.15, 0.2) is 0 Å². The first-order valence-electron chi connectivity index (χ1n) is 12.4. The molecular formula is C27H32FN5O4. The largest absolute Gasteiger partial charge is 0.437 e. The predicted molar refractivity (Wildman–Crippen MR) is 137 cm³/mol. The molecule has 0 spiro atoms. The van der Waals surface area contributed by atoms with Crippen LogP contribution >= 0.6 is 0 Å². The quantitative estimate of drug-likeness (QED) is 0.577. The first-order chi connectivity index (χ1) is 17.8. The van der Waals surface area contributed by atoms with Crippen molar-refractivity contribution < 1.29 is 23.5 Å². The Balaban J connectivity index is 1.45. The lowest BCUT2D eigenvalue weighted by atomic mass is 10.0. The number of ether oxygens (including phenoxy) is 1. The molecule has 196 valence electrons. The van der Waals surface area contributed by atoms with Crippen LogP contribution in [-0.4, -0.2) is 85.0 Å². The van der Waals surface area contributed by atoms with Gasteiger partial charge in [0.2, 0.25) is 11.8 Å². The highest BCUT2D eigenvalue weighted by Gasteiger charge is 2.31. The summed E-state index contributed by atoms with van der Waals surface area (Å²) in [5, 5.41) is 4.15. The molecule has 2 heterocycles. The van der Waals surface area contributed by atoms with Crippen LogP contribution in [0.3, 0.4) is 0 Å². The van der Waals surface area contributed by atoms with E-state index < -0.39 is 17.8 Å². The fourth-order valence-electron chi connectivity index (χ4n) is 4.63. The third-order valence-corrected chi connectivity index (χ3v) is 6.70. The molecule has 0 saturated carbocycles. The second-order valence-electron chi connectivity index (χ2n) is 9.38. The Morgan fingerprint density at radius 3 is 2.54 bits per heavy atom. The fraction of sp³-hybridized carbons (Fsp3) is 0.407. The number of amides is 2. The molecular weight excluding hydrogens is 477 g/mol. The highest BCUT2D eigenvalue weighted by molar-refractivity contribution is 5.99. The lowest BCUT2D eigenvalue weighted by Gasteiger charge is -2.37. The number of hydrazone groups is 1. The Morgan fingerprint density at radius 1 is 1.16 bits per heavy atom. The van der Waals surface area contributed by atoms with Gasteiger partial charge in [-0.3, -0.25) is 19.9 Å². The molecule has 9 nitrogen and oxygen atoms in total. The first kappa shape index (κ1) is 26.3. The Kier molecular flexibility index (Phi) is 8.17. The van der Waals surface area contributed by atoms with Gasteiger partial charge in [-0.05, 0) is 50.3 Å². The molecule has 4 rings (SSSR count). The van der Waals surface area contributed by atoms with Gasteiger partial charge in [-0.25, -0.2) is 4.39 Å². The maximum absolute atomic E-state index is 14.7. The summed E-state index contributed by atoms with van der Waals surface area (Å²) in [4.78, 5) is 42.8. The number of hydrogen-bond acceptors (Lipinski definition) is 7. The van der Waals surface area contributed by atoms with E-state index in [0.717, 1.165) is 19.1 Å². The molecule has 0 aliphatic carbocycles. The van der Waals surface area contributed by atoms with Gasteiger partial charge in [0.25, 0.3) is 5.91 Å². The van der Waals surface area contributed by atoms with Gasteiger partial charge in [0.05, 0.1) is 11.6 Å². The van der Waals surface area contributed by atoms with E-state index in [0.29, 0.717) is 37.3 Å². The SMILES string of the molecule is CCCC(C(=O)N1CCN(C(=O)c2cc(OC3=NNC(C=O)c4ccccc43)ccc2F)CC1)N(C)C. The minimum Gasteiger partial charge on any atom is -0.437 e. The minimum atomic E-state index is -0.656. The fourth-order valence-corrected chi connectivity index (χ4v) is 4.63. The molecule has 1 fully saturated rings. The van der Waals surface area contributed by atoms with E-state index in [1.165, 1.54) is 18.2 Å². The van der Waals surface area contributed by atoms with E-state index in [1.807, 2.05) is 32.0 Å². The maximum Gasteiger partial charge on any atom is 0.257 e. The summed E-state index contributed by atoms with van der Waals surface area (Å²) in [6.45, 7) is 3.48. The van der Waals surface area contributed by atoms with Gasteiger partial charge in [-0.15, -0.1) is 5.10 Å². The van der Waals surface area contributed by atoms with E-state index in [1.54, 1.807) is 28.0 Å². The molecule has 2 aliphatic rings. The number of carbonyl (C=O) groups excluding carboxylic acids is 3. The van der Waals surface area contributed by atoms with Crippen LogP contribution in [0, 0.1) is 5.82 Å². The lowest BCUT2D eigenvalue weighted by Crippen LogP contribution is -2.55. The van der Waals surface area contributed by atoms with Crippen molar-refractivity contribution in [3.63, 3.8) is 0 Å². The maximum atomic E-state index is 14.7. The molecule has 2 amide bonds. The molecule has 10 heteroatoms. The van der Waals surface area contributed by atoms with Crippen LogP contribution < -0.4 is 10.2 Å². The van der Waals surface area contributed by atoms with Crippen LogP contribution in [0.15, 0.2) is 47.6 Å². The van der Waals surface area contributed by atoms with E-state index in [9.17, 15) is 18.8 Å². The summed E-state index contributed by atoms with van der Waals surface area (Å²) in [6, 6.07) is 10.4. The molecule has 2 aromatic carbocycles. The Morgan fingerprint density at radius 2 is 1.86 bits per heavy atom. The van der Waals surface area contributed by atoms with E-state index in [2.05, 4.69) is 10.5 Å². The van der Waals surface area contributed by atoms with Crippen LogP contribution in [0.2, 0.25) is 0 Å². The number of aldehydes is 1. The molecule has 0 radical (unpaired) electrons. The molecule has 2 unspecified atom stereocenters. The third-order valence-electron chi connectivity index (χ3n) is 6.70. The molecule has 2 aliphatic heterocycles. The highest BCUT2D eigenvalue weighted by Crippen LogP contribution is 2.25. The number of benzene rings is 2. The van der Waals surface area contributed by atoms with Crippen molar-refractivity contribution in [1.82, 2.24) is 20.1 Å². The van der Waals surface area contributed by atoms with Gasteiger partial charge in [-0.2, -0.15) is 0 Å². The number of halogens is 1. The van der Waals surface area contributed by atoms with Crippen LogP contribution in [0.25, 0.3) is 0 Å². The number of nitrogens with zero attached hydrogens (tertiary/aromatic N) is 4. The number of piperazine rings is 1. The zero-order valence-corrected chi connectivity index (χ0v) is 21.3. The summed E-state index contributed by atoms with van der Waals surface area (Å²) in [6.07, 6.45) is 2.42. The number of rotatable bonds is 7. The van der Waals surface area contributed by atoms with E-state index in [4.69, 9.17) is 4.74 Å². The molecule has 0 bridgehead atoms. The average molecular weight is 510 g/mol. The topological polar surface area (TPSA) is 94.5 Å². The van der Waals surface area contributed by atoms with Crippen LogP contribution in [-0.2, 0) is 9.59 Å². The van der Waals surface area contributed by atoms with Crippen molar-refractivity contribution in [2.24, 2.45) is 5.10 Å². The summed E-state index contributed by atoms with van der Waals surface area (Å²) in [5.74, 6) is -0.603.